The second kappa shape index (κ2) is 5.05. The molecule has 0 fully saturated rings. The summed E-state index contributed by atoms with van der Waals surface area (Å²) in [6.07, 6.45) is 1.55. The molecule has 0 saturated carbocycles. The number of furan rings is 1. The number of Topliss-reactive ketones (excluding diaryl/α,β-unsaturated/α-hetero) is 1. The van der Waals surface area contributed by atoms with Gasteiger partial charge in [0.15, 0.2) is 10.9 Å². The highest BCUT2D eigenvalue weighted by Gasteiger charge is 2.10. The van der Waals surface area contributed by atoms with Gasteiger partial charge in [0.25, 0.3) is 0 Å². The zero-order valence-electron chi connectivity index (χ0n) is 9.41. The van der Waals surface area contributed by atoms with Crippen molar-refractivity contribution in [2.45, 2.75) is 16.9 Å². The summed E-state index contributed by atoms with van der Waals surface area (Å²) < 4.78 is 5.10. The lowest BCUT2D eigenvalue weighted by atomic mass is 10.3. The number of aromatic nitrogens is 1. The van der Waals surface area contributed by atoms with E-state index in [9.17, 15) is 9.59 Å². The number of nitrogens with zero attached hydrogens (tertiary/aromatic N) is 1. The first-order valence-corrected chi connectivity index (χ1v) is 5.86. The molecule has 2 heterocycles. The third-order valence-corrected chi connectivity index (χ3v) is 3.01. The number of carbonyl (C=O) groups excluding carboxylic acids is 1. The number of rotatable bonds is 4. The van der Waals surface area contributed by atoms with E-state index in [0.29, 0.717) is 10.8 Å². The molecule has 2 rings (SSSR count). The molecule has 0 aliphatic heterocycles. The van der Waals surface area contributed by atoms with Gasteiger partial charge >= 0.3 is 5.97 Å². The summed E-state index contributed by atoms with van der Waals surface area (Å²) in [5, 5.41) is 9.17. The van der Waals surface area contributed by atoms with Crippen LogP contribution in [0.4, 0.5) is 0 Å². The van der Waals surface area contributed by atoms with Gasteiger partial charge in [0.1, 0.15) is 5.69 Å². The molecule has 0 saturated heterocycles. The normalized spacial score (nSPS) is 10.3. The fraction of sp³-hybridized carbons (Fsp3) is 0.0833. The van der Waals surface area contributed by atoms with Crippen LogP contribution < -0.4 is 0 Å². The Morgan fingerprint density at radius 1 is 1.28 bits per heavy atom. The predicted molar refractivity (Wildman–Crippen MR) is 64.0 cm³/mol. The van der Waals surface area contributed by atoms with Crippen LogP contribution in [0.2, 0.25) is 0 Å². The average Bonchev–Trinajstić information content (AvgIpc) is 2.78. The van der Waals surface area contributed by atoms with Crippen molar-refractivity contribution in [2.75, 3.05) is 0 Å². The zero-order chi connectivity index (χ0) is 13.1. The van der Waals surface area contributed by atoms with Gasteiger partial charge in [-0.05, 0) is 24.3 Å². The van der Waals surface area contributed by atoms with Crippen LogP contribution in [0.1, 0.15) is 28.0 Å². The Bertz CT molecular complexity index is 588. The Kier molecular flexibility index (Phi) is 3.47. The van der Waals surface area contributed by atoms with Gasteiger partial charge in [-0.15, -0.1) is 0 Å². The van der Waals surface area contributed by atoms with E-state index in [-0.39, 0.29) is 11.5 Å². The summed E-state index contributed by atoms with van der Waals surface area (Å²) in [6, 6.07) is 6.32. The number of hydrogen-bond donors (Lipinski definition) is 1. The van der Waals surface area contributed by atoms with Gasteiger partial charge in [0.05, 0.1) is 0 Å². The average molecular weight is 263 g/mol. The molecule has 1 N–H and O–H groups in total. The Hall–Kier alpha value is -2.08. The van der Waals surface area contributed by atoms with E-state index in [1.54, 1.807) is 24.4 Å². The van der Waals surface area contributed by atoms with E-state index in [0.717, 1.165) is 4.90 Å². The number of aromatic carboxylic acids is 1. The van der Waals surface area contributed by atoms with Crippen molar-refractivity contribution in [2.24, 2.45) is 0 Å². The maximum Gasteiger partial charge on any atom is 0.371 e. The van der Waals surface area contributed by atoms with Crippen LogP contribution in [0.25, 0.3) is 0 Å². The van der Waals surface area contributed by atoms with Crippen LogP contribution in [-0.4, -0.2) is 21.8 Å². The molecule has 6 heteroatoms. The lowest BCUT2D eigenvalue weighted by Gasteiger charge is -1.98. The number of hydrogen-bond acceptors (Lipinski definition) is 5. The lowest BCUT2D eigenvalue weighted by molar-refractivity contribution is 0.0656. The molecule has 2 aromatic heterocycles. The molecule has 5 nitrogen and oxygen atoms in total. The minimum Gasteiger partial charge on any atom is -0.475 e. The van der Waals surface area contributed by atoms with Crippen LogP contribution in [0.3, 0.4) is 0 Å². The van der Waals surface area contributed by atoms with Crippen LogP contribution in [0.5, 0.6) is 0 Å². The van der Waals surface area contributed by atoms with Crippen LogP contribution in [0, 0.1) is 0 Å². The lowest BCUT2D eigenvalue weighted by Crippen LogP contribution is -1.95. The Morgan fingerprint density at radius 3 is 2.56 bits per heavy atom. The van der Waals surface area contributed by atoms with E-state index in [1.165, 1.54) is 24.8 Å². The van der Waals surface area contributed by atoms with Gasteiger partial charge in [-0.1, -0.05) is 11.8 Å². The molecular weight excluding hydrogens is 254 g/mol. The summed E-state index contributed by atoms with van der Waals surface area (Å²) in [4.78, 5) is 26.4. The monoisotopic (exact) mass is 263 g/mol. The molecule has 0 aromatic carbocycles. The number of carbonyl (C=O) groups is 2. The molecule has 0 radical (unpaired) electrons. The van der Waals surface area contributed by atoms with Crippen molar-refractivity contribution in [1.29, 1.82) is 0 Å². The molecule has 0 spiro atoms. The van der Waals surface area contributed by atoms with Crippen LogP contribution in [0.15, 0.2) is 44.9 Å². The van der Waals surface area contributed by atoms with Crippen molar-refractivity contribution in [3.8, 4) is 0 Å². The quantitative estimate of drug-likeness (QED) is 0.854. The van der Waals surface area contributed by atoms with Crippen molar-refractivity contribution in [3.05, 3.63) is 41.9 Å². The Balaban J connectivity index is 2.13. The highest BCUT2D eigenvalue weighted by molar-refractivity contribution is 7.99. The largest absolute Gasteiger partial charge is 0.475 e. The number of carboxylic acid groups (broad SMARTS) is 1. The first-order valence-electron chi connectivity index (χ1n) is 5.04. The maximum absolute atomic E-state index is 11.0. The third kappa shape index (κ3) is 2.78. The molecule has 92 valence electrons. The summed E-state index contributed by atoms with van der Waals surface area (Å²) in [6.45, 7) is 1.45. The molecule has 0 bridgehead atoms. The van der Waals surface area contributed by atoms with Crippen LogP contribution in [-0.2, 0) is 0 Å². The van der Waals surface area contributed by atoms with Gasteiger partial charge in [0.2, 0.25) is 5.76 Å². The summed E-state index contributed by atoms with van der Waals surface area (Å²) in [5.41, 5.74) is 0.394. The van der Waals surface area contributed by atoms with E-state index in [2.05, 4.69) is 4.98 Å². The standard InChI is InChI=1S/C12H9NO4S/c1-7(14)9-3-2-8(6-13-9)18-11-5-4-10(17-11)12(15)16/h2-6H,1H3,(H,15,16). The minimum atomic E-state index is -1.10. The van der Waals surface area contributed by atoms with E-state index >= 15 is 0 Å². The SMILES string of the molecule is CC(=O)c1ccc(Sc2ccc(C(=O)O)o2)cn1. The smallest absolute Gasteiger partial charge is 0.371 e. The molecule has 0 amide bonds. The van der Waals surface area contributed by atoms with Crippen molar-refractivity contribution < 1.29 is 19.1 Å². The molecule has 0 unspecified atom stereocenters. The first kappa shape index (κ1) is 12.4. The molecule has 0 aliphatic rings. The second-order valence-corrected chi connectivity index (χ2v) is 4.54. The Labute approximate surface area is 107 Å². The van der Waals surface area contributed by atoms with Gasteiger partial charge < -0.3 is 9.52 Å². The number of ketones is 1. The molecular formula is C12H9NO4S. The molecule has 2 aromatic rings. The van der Waals surface area contributed by atoms with Gasteiger partial charge in [-0.25, -0.2) is 4.79 Å². The fourth-order valence-corrected chi connectivity index (χ4v) is 2.00. The molecule has 0 aliphatic carbocycles. The highest BCUT2D eigenvalue weighted by atomic mass is 32.2. The molecule has 0 atom stereocenters. The highest BCUT2D eigenvalue weighted by Crippen LogP contribution is 2.28. The maximum atomic E-state index is 11.0. The Morgan fingerprint density at radius 2 is 2.06 bits per heavy atom. The van der Waals surface area contributed by atoms with E-state index < -0.39 is 5.97 Å². The number of pyridine rings is 1. The first-order chi connectivity index (χ1) is 8.56. The summed E-state index contributed by atoms with van der Waals surface area (Å²) in [5.74, 6) is -1.31. The van der Waals surface area contributed by atoms with Gasteiger partial charge in [0, 0.05) is 18.0 Å². The predicted octanol–water partition coefficient (Wildman–Crippen LogP) is 2.73. The van der Waals surface area contributed by atoms with Crippen molar-refractivity contribution in [1.82, 2.24) is 4.98 Å². The topological polar surface area (TPSA) is 80.4 Å². The third-order valence-electron chi connectivity index (χ3n) is 2.11. The summed E-state index contributed by atoms with van der Waals surface area (Å²) in [7, 11) is 0. The van der Waals surface area contributed by atoms with E-state index in [4.69, 9.17) is 9.52 Å². The molecule has 18 heavy (non-hydrogen) atoms. The van der Waals surface area contributed by atoms with E-state index in [1.807, 2.05) is 0 Å². The van der Waals surface area contributed by atoms with Crippen molar-refractivity contribution in [3.63, 3.8) is 0 Å². The second-order valence-electron chi connectivity index (χ2n) is 3.46. The van der Waals surface area contributed by atoms with Gasteiger partial charge in [-0.2, -0.15) is 0 Å². The van der Waals surface area contributed by atoms with Gasteiger partial charge in [-0.3, -0.25) is 9.78 Å². The fourth-order valence-electron chi connectivity index (χ4n) is 1.26. The number of carboxylic acids is 1. The van der Waals surface area contributed by atoms with Crippen LogP contribution >= 0.6 is 11.8 Å². The minimum absolute atomic E-state index is 0.0993. The summed E-state index contributed by atoms with van der Waals surface area (Å²) >= 11 is 1.24. The van der Waals surface area contributed by atoms with Crippen molar-refractivity contribution >= 4 is 23.5 Å². The zero-order valence-corrected chi connectivity index (χ0v) is 10.2.